The summed E-state index contributed by atoms with van der Waals surface area (Å²) in [6, 6.07) is 12.0. The summed E-state index contributed by atoms with van der Waals surface area (Å²) in [6.07, 6.45) is 2.85. The smallest absolute Gasteiger partial charge is 0.252 e. The number of amides is 1. The molecule has 1 aromatic carbocycles. The number of thiophene rings is 1. The summed E-state index contributed by atoms with van der Waals surface area (Å²) >= 11 is 1.65. The number of hydrogen-bond acceptors (Lipinski definition) is 6. The van der Waals surface area contributed by atoms with Crippen LogP contribution in [0.15, 0.2) is 58.9 Å². The third kappa shape index (κ3) is 4.52. The molecule has 1 unspecified atom stereocenters. The van der Waals surface area contributed by atoms with Crippen LogP contribution in [0.3, 0.4) is 0 Å². The van der Waals surface area contributed by atoms with Gasteiger partial charge in [0.1, 0.15) is 0 Å². The lowest BCUT2D eigenvalue weighted by molar-refractivity contribution is 0.0941. The van der Waals surface area contributed by atoms with Gasteiger partial charge in [-0.25, -0.2) is 18.1 Å². The number of rotatable bonds is 6. The lowest BCUT2D eigenvalue weighted by Crippen LogP contribution is -2.27. The second-order valence-corrected chi connectivity index (χ2v) is 10.5. The molecule has 7 nitrogen and oxygen atoms in total. The summed E-state index contributed by atoms with van der Waals surface area (Å²) < 4.78 is 25.1. The van der Waals surface area contributed by atoms with Crippen LogP contribution in [0.2, 0.25) is 0 Å². The molecule has 3 heterocycles. The highest BCUT2D eigenvalue weighted by Crippen LogP contribution is 2.22. The quantitative estimate of drug-likeness (QED) is 0.479. The van der Waals surface area contributed by atoms with E-state index in [1.54, 1.807) is 52.5 Å². The molecular weight excluding hydrogens is 432 g/mol. The van der Waals surface area contributed by atoms with E-state index in [-0.39, 0.29) is 16.8 Å². The lowest BCUT2D eigenvalue weighted by Gasteiger charge is -2.15. The zero-order chi connectivity index (χ0) is 22.2. The Hall–Kier alpha value is -3.04. The van der Waals surface area contributed by atoms with E-state index < -0.39 is 9.84 Å². The van der Waals surface area contributed by atoms with Crippen molar-refractivity contribution < 1.29 is 13.2 Å². The van der Waals surface area contributed by atoms with E-state index >= 15 is 0 Å². The molecule has 0 fully saturated rings. The highest BCUT2D eigenvalue weighted by Gasteiger charge is 2.18. The molecule has 9 heteroatoms. The topological polar surface area (TPSA) is 94.0 Å². The van der Waals surface area contributed by atoms with E-state index in [2.05, 4.69) is 15.4 Å². The monoisotopic (exact) mass is 454 g/mol. The average Bonchev–Trinajstić information content (AvgIpc) is 3.37. The second kappa shape index (κ2) is 8.24. The summed E-state index contributed by atoms with van der Waals surface area (Å²) in [7, 11) is -3.26. The zero-order valence-electron chi connectivity index (χ0n) is 17.4. The van der Waals surface area contributed by atoms with Crippen molar-refractivity contribution in [3.05, 3.63) is 75.7 Å². The highest BCUT2D eigenvalue weighted by molar-refractivity contribution is 7.90. The first-order valence-electron chi connectivity index (χ1n) is 9.69. The van der Waals surface area contributed by atoms with Crippen LogP contribution in [0.4, 0.5) is 0 Å². The van der Waals surface area contributed by atoms with E-state index in [1.807, 2.05) is 31.4 Å². The molecule has 0 saturated heterocycles. The normalized spacial score (nSPS) is 12.7. The molecular formula is C22H22N4O3S2. The molecule has 1 amide bonds. The maximum Gasteiger partial charge on any atom is 0.252 e. The van der Waals surface area contributed by atoms with E-state index in [0.717, 1.165) is 16.1 Å². The molecule has 0 aliphatic heterocycles. The molecule has 4 rings (SSSR count). The van der Waals surface area contributed by atoms with Crippen molar-refractivity contribution in [3.8, 4) is 0 Å². The van der Waals surface area contributed by atoms with Crippen molar-refractivity contribution in [2.75, 3.05) is 6.26 Å². The van der Waals surface area contributed by atoms with Crippen LogP contribution in [0.5, 0.6) is 0 Å². The van der Waals surface area contributed by atoms with Crippen LogP contribution in [0.1, 0.15) is 39.5 Å². The molecule has 3 aromatic heterocycles. The van der Waals surface area contributed by atoms with Crippen molar-refractivity contribution in [2.24, 2.45) is 0 Å². The fourth-order valence-electron chi connectivity index (χ4n) is 3.39. The van der Waals surface area contributed by atoms with Crippen LogP contribution in [-0.4, -0.2) is 35.3 Å². The maximum atomic E-state index is 13.1. The first-order valence-corrected chi connectivity index (χ1v) is 12.5. The number of nitrogens with one attached hydrogen (secondary N) is 1. The molecule has 1 N–H and O–H groups in total. The molecule has 0 radical (unpaired) electrons. The van der Waals surface area contributed by atoms with Gasteiger partial charge in [-0.3, -0.25) is 4.79 Å². The van der Waals surface area contributed by atoms with Crippen molar-refractivity contribution >= 4 is 38.1 Å². The number of hydrogen-bond donors (Lipinski definition) is 1. The second-order valence-electron chi connectivity index (χ2n) is 7.47. The summed E-state index contributed by atoms with van der Waals surface area (Å²) in [4.78, 5) is 19.1. The number of fused-ring (bicyclic) bond motifs is 1. The van der Waals surface area contributed by atoms with Crippen LogP contribution in [0.25, 0.3) is 11.0 Å². The number of benzene rings is 1. The third-order valence-electron chi connectivity index (χ3n) is 5.02. The molecule has 0 spiro atoms. The van der Waals surface area contributed by atoms with Gasteiger partial charge in [0.25, 0.3) is 5.91 Å². The zero-order valence-corrected chi connectivity index (χ0v) is 19.0. The fraction of sp³-hybridized carbons (Fsp3) is 0.227. The molecule has 0 saturated carbocycles. The summed E-state index contributed by atoms with van der Waals surface area (Å²) in [6.45, 7) is 4.31. The number of pyridine rings is 1. The number of carbonyl (C=O) groups excluding carboxylic acids is 1. The van der Waals surface area contributed by atoms with E-state index in [9.17, 15) is 13.2 Å². The van der Waals surface area contributed by atoms with Crippen LogP contribution >= 0.6 is 11.3 Å². The Morgan fingerprint density at radius 1 is 1.23 bits per heavy atom. The Labute approximate surface area is 184 Å². The minimum atomic E-state index is -3.26. The van der Waals surface area contributed by atoms with Gasteiger partial charge < -0.3 is 5.32 Å². The summed E-state index contributed by atoms with van der Waals surface area (Å²) in [5.41, 5.74) is 2.73. The van der Waals surface area contributed by atoms with Crippen molar-refractivity contribution in [2.45, 2.75) is 31.3 Å². The highest BCUT2D eigenvalue weighted by atomic mass is 32.2. The van der Waals surface area contributed by atoms with Crippen molar-refractivity contribution in [1.82, 2.24) is 20.1 Å². The van der Waals surface area contributed by atoms with Crippen LogP contribution in [0, 0.1) is 6.92 Å². The molecule has 160 valence electrons. The van der Waals surface area contributed by atoms with Gasteiger partial charge in [-0.2, -0.15) is 5.10 Å². The maximum absolute atomic E-state index is 13.1. The fourth-order valence-corrected chi connectivity index (χ4v) is 4.70. The number of aromatic nitrogens is 3. The molecule has 31 heavy (non-hydrogen) atoms. The van der Waals surface area contributed by atoms with Gasteiger partial charge in [0.15, 0.2) is 15.5 Å². The third-order valence-corrected chi connectivity index (χ3v) is 7.01. The van der Waals surface area contributed by atoms with Crippen LogP contribution in [-0.2, 0) is 16.4 Å². The SMILES string of the molecule is Cc1cc(C(=O)NC(C)c2ccc(S(C)(=O)=O)cc2)c2cnn(Cc3cccs3)c2n1. The Morgan fingerprint density at radius 3 is 2.61 bits per heavy atom. The average molecular weight is 455 g/mol. The van der Waals surface area contributed by atoms with E-state index in [4.69, 9.17) is 0 Å². The largest absolute Gasteiger partial charge is 0.345 e. The predicted octanol–water partition coefficient (Wildman–Crippen LogP) is 3.74. The predicted molar refractivity (Wildman–Crippen MR) is 121 cm³/mol. The number of nitrogens with zero attached hydrogens (tertiary/aromatic N) is 3. The molecule has 0 bridgehead atoms. The van der Waals surface area contributed by atoms with Gasteiger partial charge >= 0.3 is 0 Å². The molecule has 1 atom stereocenters. The number of sulfone groups is 1. The molecule has 0 aliphatic rings. The molecule has 4 aromatic rings. The van der Waals surface area contributed by atoms with Gasteiger partial charge in [0.2, 0.25) is 0 Å². The Bertz CT molecular complexity index is 1340. The van der Waals surface area contributed by atoms with Gasteiger partial charge in [-0.1, -0.05) is 18.2 Å². The standard InChI is InChI=1S/C22H22N4O3S2/c1-14-11-19(20-12-23-26(21(20)24-14)13-17-5-4-10-30-17)22(27)25-15(2)16-6-8-18(9-7-16)31(3,28)29/h4-12,15H,13H2,1-3H3,(H,25,27). The first kappa shape index (κ1) is 21.2. The minimum Gasteiger partial charge on any atom is -0.345 e. The Morgan fingerprint density at radius 2 is 1.97 bits per heavy atom. The number of carbonyl (C=O) groups is 1. The lowest BCUT2D eigenvalue weighted by atomic mass is 10.1. The van der Waals surface area contributed by atoms with Gasteiger partial charge in [-0.15, -0.1) is 11.3 Å². The Kier molecular flexibility index (Phi) is 5.63. The first-order chi connectivity index (χ1) is 14.7. The summed E-state index contributed by atoms with van der Waals surface area (Å²) in [5, 5.41) is 10.2. The van der Waals surface area contributed by atoms with Gasteiger partial charge in [0, 0.05) is 16.8 Å². The van der Waals surface area contributed by atoms with Gasteiger partial charge in [0.05, 0.1) is 34.6 Å². The van der Waals surface area contributed by atoms with E-state index in [0.29, 0.717) is 23.1 Å². The van der Waals surface area contributed by atoms with Gasteiger partial charge in [-0.05, 0) is 49.1 Å². The number of aryl methyl sites for hydroxylation is 1. The molecule has 0 aliphatic carbocycles. The van der Waals surface area contributed by atoms with Crippen molar-refractivity contribution in [3.63, 3.8) is 0 Å². The minimum absolute atomic E-state index is 0.231. The van der Waals surface area contributed by atoms with E-state index in [1.165, 1.54) is 6.26 Å². The van der Waals surface area contributed by atoms with Crippen molar-refractivity contribution in [1.29, 1.82) is 0 Å². The Balaban J connectivity index is 1.59. The van der Waals surface area contributed by atoms with Crippen LogP contribution < -0.4 is 5.32 Å². The summed E-state index contributed by atoms with van der Waals surface area (Å²) in [5.74, 6) is -0.231.